The Morgan fingerprint density at radius 2 is 1.71 bits per heavy atom. The summed E-state index contributed by atoms with van der Waals surface area (Å²) in [4.78, 5) is 9.35. The van der Waals surface area contributed by atoms with E-state index < -0.39 is 5.60 Å². The fraction of sp³-hybridized carbons (Fsp3) is 0.765. The molecule has 4 heteroatoms. The van der Waals surface area contributed by atoms with Crippen LogP contribution in [0.2, 0.25) is 0 Å². The van der Waals surface area contributed by atoms with Gasteiger partial charge in [-0.25, -0.2) is 9.97 Å². The number of hydrogen-bond acceptors (Lipinski definition) is 4. The van der Waals surface area contributed by atoms with Gasteiger partial charge in [0.25, 0.3) is 0 Å². The third-order valence-corrected chi connectivity index (χ3v) is 3.57. The van der Waals surface area contributed by atoms with E-state index in [1.807, 2.05) is 20.8 Å². The van der Waals surface area contributed by atoms with Crippen LogP contribution in [0.1, 0.15) is 57.4 Å². The molecule has 1 N–H and O–H groups in total. The Bertz CT molecular complexity index is 432. The Balaban J connectivity index is 2.80. The van der Waals surface area contributed by atoms with Crippen LogP contribution in [0.15, 0.2) is 0 Å². The van der Waals surface area contributed by atoms with Gasteiger partial charge in [0.05, 0.1) is 0 Å². The van der Waals surface area contributed by atoms with E-state index in [4.69, 9.17) is 4.74 Å². The van der Waals surface area contributed by atoms with E-state index in [-0.39, 0.29) is 0 Å². The van der Waals surface area contributed by atoms with Crippen LogP contribution >= 0.6 is 0 Å². The lowest BCUT2D eigenvalue weighted by Crippen LogP contribution is -2.27. The predicted molar refractivity (Wildman–Crippen MR) is 87.6 cm³/mol. The van der Waals surface area contributed by atoms with E-state index in [0.717, 1.165) is 36.7 Å². The Labute approximate surface area is 129 Å². The van der Waals surface area contributed by atoms with E-state index in [1.165, 1.54) is 5.56 Å². The number of nitrogens with one attached hydrogen (secondary N) is 1. The number of aryl methyl sites for hydroxylation is 2. The van der Waals surface area contributed by atoms with Crippen LogP contribution in [0.4, 0.5) is 0 Å². The molecular formula is C17H31N3O. The average Bonchev–Trinajstić information content (AvgIpc) is 2.36. The monoisotopic (exact) mass is 293 g/mol. The lowest BCUT2D eigenvalue weighted by atomic mass is 10.0. The summed E-state index contributed by atoms with van der Waals surface area (Å²) in [6.07, 6.45) is 0.972. The van der Waals surface area contributed by atoms with Crippen LogP contribution in [0, 0.1) is 19.8 Å². The van der Waals surface area contributed by atoms with Crippen LogP contribution in [0.25, 0.3) is 0 Å². The quantitative estimate of drug-likeness (QED) is 0.748. The summed E-state index contributed by atoms with van der Waals surface area (Å²) in [6.45, 7) is 17.3. The van der Waals surface area contributed by atoms with Gasteiger partial charge in [0.15, 0.2) is 5.82 Å². The molecule has 1 aromatic rings. The minimum atomic E-state index is -0.432. The Hall–Kier alpha value is -1.00. The van der Waals surface area contributed by atoms with E-state index in [2.05, 4.69) is 43.0 Å². The van der Waals surface area contributed by atoms with Crippen molar-refractivity contribution >= 4 is 0 Å². The normalized spacial score (nSPS) is 12.2. The summed E-state index contributed by atoms with van der Waals surface area (Å²) in [5, 5.41) is 3.47. The molecule has 0 aliphatic rings. The number of aromatic nitrogens is 2. The van der Waals surface area contributed by atoms with Gasteiger partial charge in [-0.3, -0.25) is 0 Å². The summed E-state index contributed by atoms with van der Waals surface area (Å²) in [5.41, 5.74) is 2.95. The van der Waals surface area contributed by atoms with E-state index in [9.17, 15) is 0 Å². The van der Waals surface area contributed by atoms with E-state index in [0.29, 0.717) is 12.5 Å². The van der Waals surface area contributed by atoms with Gasteiger partial charge < -0.3 is 10.1 Å². The zero-order chi connectivity index (χ0) is 16.0. The third kappa shape index (κ3) is 5.36. The molecule has 0 aromatic carbocycles. The Kier molecular flexibility index (Phi) is 6.75. The van der Waals surface area contributed by atoms with Crippen molar-refractivity contribution in [3.8, 4) is 0 Å². The molecule has 0 atom stereocenters. The summed E-state index contributed by atoms with van der Waals surface area (Å²) in [7, 11) is 0. The highest BCUT2D eigenvalue weighted by atomic mass is 16.5. The lowest BCUT2D eigenvalue weighted by Gasteiger charge is -2.24. The molecule has 0 fully saturated rings. The summed E-state index contributed by atoms with van der Waals surface area (Å²) < 4.78 is 5.75. The molecule has 0 saturated carbocycles. The van der Waals surface area contributed by atoms with Crippen molar-refractivity contribution in [2.45, 2.75) is 60.5 Å². The standard InChI is InChI=1S/C17H31N3O/c1-8-21-17(6,7)16-19-13(4)15(14(5)20-16)9-10-18-11-12(2)3/h12,18H,8-11H2,1-7H3. The molecule has 0 unspecified atom stereocenters. The van der Waals surface area contributed by atoms with Crippen molar-refractivity contribution < 1.29 is 4.74 Å². The second-order valence-electron chi connectivity index (χ2n) is 6.49. The maximum Gasteiger partial charge on any atom is 0.160 e. The van der Waals surface area contributed by atoms with Gasteiger partial charge >= 0.3 is 0 Å². The van der Waals surface area contributed by atoms with Gasteiger partial charge in [0.1, 0.15) is 5.60 Å². The molecule has 0 spiro atoms. The van der Waals surface area contributed by atoms with Crippen molar-refractivity contribution in [2.24, 2.45) is 5.92 Å². The molecule has 0 bridgehead atoms. The van der Waals surface area contributed by atoms with Crippen LogP contribution in [0.5, 0.6) is 0 Å². The van der Waals surface area contributed by atoms with Gasteiger partial charge in [-0.05, 0) is 65.6 Å². The number of rotatable bonds is 8. The topological polar surface area (TPSA) is 47.0 Å². The summed E-state index contributed by atoms with van der Waals surface area (Å²) >= 11 is 0. The highest BCUT2D eigenvalue weighted by Crippen LogP contribution is 2.23. The minimum Gasteiger partial charge on any atom is -0.368 e. The molecule has 1 rings (SSSR count). The highest BCUT2D eigenvalue weighted by molar-refractivity contribution is 5.25. The van der Waals surface area contributed by atoms with Crippen LogP contribution in [-0.2, 0) is 16.8 Å². The van der Waals surface area contributed by atoms with Crippen molar-refractivity contribution in [3.63, 3.8) is 0 Å². The zero-order valence-electron chi connectivity index (χ0n) is 14.7. The first-order chi connectivity index (χ1) is 9.77. The highest BCUT2D eigenvalue weighted by Gasteiger charge is 2.25. The van der Waals surface area contributed by atoms with E-state index in [1.54, 1.807) is 0 Å². The van der Waals surface area contributed by atoms with Crippen LogP contribution in [-0.4, -0.2) is 29.7 Å². The second-order valence-corrected chi connectivity index (χ2v) is 6.49. The van der Waals surface area contributed by atoms with Crippen LogP contribution < -0.4 is 5.32 Å². The van der Waals surface area contributed by atoms with Crippen molar-refractivity contribution in [3.05, 3.63) is 22.8 Å². The first-order valence-electron chi connectivity index (χ1n) is 7.97. The molecule has 120 valence electrons. The zero-order valence-corrected chi connectivity index (χ0v) is 14.7. The van der Waals surface area contributed by atoms with Gasteiger partial charge in [-0.15, -0.1) is 0 Å². The smallest absolute Gasteiger partial charge is 0.160 e. The number of ether oxygens (including phenoxy) is 1. The minimum absolute atomic E-state index is 0.432. The first kappa shape index (κ1) is 18.1. The maximum atomic E-state index is 5.75. The van der Waals surface area contributed by atoms with Crippen molar-refractivity contribution in [1.29, 1.82) is 0 Å². The Morgan fingerprint density at radius 1 is 1.14 bits per heavy atom. The van der Waals surface area contributed by atoms with Gasteiger partial charge in [-0.2, -0.15) is 0 Å². The average molecular weight is 293 g/mol. The predicted octanol–water partition coefficient (Wildman–Crippen LogP) is 3.15. The van der Waals surface area contributed by atoms with Gasteiger partial charge in [0, 0.05) is 18.0 Å². The summed E-state index contributed by atoms with van der Waals surface area (Å²) in [6, 6.07) is 0. The molecule has 1 aromatic heterocycles. The van der Waals surface area contributed by atoms with Crippen molar-refractivity contribution in [2.75, 3.05) is 19.7 Å². The molecule has 0 aliphatic heterocycles. The number of hydrogen-bond donors (Lipinski definition) is 1. The lowest BCUT2D eigenvalue weighted by molar-refractivity contribution is -0.0210. The molecule has 0 saturated heterocycles. The second kappa shape index (κ2) is 7.85. The molecule has 0 aliphatic carbocycles. The fourth-order valence-electron chi connectivity index (χ4n) is 2.40. The molecule has 1 heterocycles. The van der Waals surface area contributed by atoms with Gasteiger partial charge in [0.2, 0.25) is 0 Å². The van der Waals surface area contributed by atoms with Crippen LogP contribution in [0.3, 0.4) is 0 Å². The maximum absolute atomic E-state index is 5.75. The summed E-state index contributed by atoms with van der Waals surface area (Å²) in [5.74, 6) is 1.45. The molecular weight excluding hydrogens is 262 g/mol. The number of nitrogens with zero attached hydrogens (tertiary/aromatic N) is 2. The molecule has 21 heavy (non-hydrogen) atoms. The molecule has 4 nitrogen and oxygen atoms in total. The SMILES string of the molecule is CCOC(C)(C)c1nc(C)c(CCNCC(C)C)c(C)n1. The van der Waals surface area contributed by atoms with Crippen molar-refractivity contribution in [1.82, 2.24) is 15.3 Å². The molecule has 0 amide bonds. The fourth-order valence-corrected chi connectivity index (χ4v) is 2.40. The molecule has 0 radical (unpaired) electrons. The Morgan fingerprint density at radius 3 is 2.19 bits per heavy atom. The first-order valence-corrected chi connectivity index (χ1v) is 7.97. The van der Waals surface area contributed by atoms with Gasteiger partial charge in [-0.1, -0.05) is 13.8 Å². The third-order valence-electron chi connectivity index (χ3n) is 3.57. The van der Waals surface area contributed by atoms with E-state index >= 15 is 0 Å². The largest absolute Gasteiger partial charge is 0.368 e.